The minimum atomic E-state index is -0.970. The predicted octanol–water partition coefficient (Wildman–Crippen LogP) is -1.09. The second-order valence-corrected chi connectivity index (χ2v) is 8.08. The molecule has 12 heteroatoms. The van der Waals surface area contributed by atoms with Crippen LogP contribution in [0.4, 0.5) is 0 Å². The Kier molecular flexibility index (Phi) is 15.6. The first-order chi connectivity index (χ1) is 15.8. The second kappa shape index (κ2) is 17.6. The number of rotatable bonds is 14. The predicted molar refractivity (Wildman–Crippen MR) is 121 cm³/mol. The Balaban J connectivity index is 2.73. The van der Waals surface area contributed by atoms with E-state index in [9.17, 15) is 29.7 Å². The van der Waals surface area contributed by atoms with Crippen molar-refractivity contribution in [3.63, 3.8) is 0 Å². The summed E-state index contributed by atoms with van der Waals surface area (Å²) in [7, 11) is 0. The van der Waals surface area contributed by atoms with E-state index in [0.717, 1.165) is 6.42 Å². The first kappa shape index (κ1) is 29.2. The molecule has 3 N–H and O–H groups in total. The van der Waals surface area contributed by atoms with Gasteiger partial charge in [0.15, 0.2) is 0 Å². The summed E-state index contributed by atoms with van der Waals surface area (Å²) in [5.74, 6) is -2.83. The zero-order valence-electron chi connectivity index (χ0n) is 19.7. The molecule has 192 valence electrons. The fourth-order valence-corrected chi connectivity index (χ4v) is 3.51. The Labute approximate surface area is 195 Å². The molecule has 1 aliphatic rings. The Morgan fingerprint density at radius 3 is 1.24 bits per heavy atom. The molecule has 0 radical (unpaired) electrons. The third-order valence-corrected chi connectivity index (χ3v) is 5.28. The summed E-state index contributed by atoms with van der Waals surface area (Å²) in [6.07, 6.45) is 0.960. The monoisotopic (exact) mass is 476 g/mol. The molecule has 1 fully saturated rings. The number of carboxylic acids is 3. The zero-order valence-corrected chi connectivity index (χ0v) is 19.7. The summed E-state index contributed by atoms with van der Waals surface area (Å²) in [6, 6.07) is 0. The van der Waals surface area contributed by atoms with Gasteiger partial charge in [-0.1, -0.05) is 6.92 Å². The normalized spacial score (nSPS) is 18.5. The Morgan fingerprint density at radius 2 is 0.909 bits per heavy atom. The van der Waals surface area contributed by atoms with Gasteiger partial charge in [0.25, 0.3) is 0 Å². The number of nitrogens with zero attached hydrogens (tertiary/aromatic N) is 4. The third-order valence-electron chi connectivity index (χ3n) is 5.28. The maximum atomic E-state index is 11.3. The Bertz CT molecular complexity index is 548. The van der Waals surface area contributed by atoms with E-state index in [1.165, 1.54) is 0 Å². The van der Waals surface area contributed by atoms with Gasteiger partial charge in [-0.3, -0.25) is 34.0 Å². The molecule has 0 bridgehead atoms. The van der Waals surface area contributed by atoms with Crippen LogP contribution >= 0.6 is 0 Å². The molecule has 0 unspecified atom stereocenters. The van der Waals surface area contributed by atoms with Gasteiger partial charge in [0.2, 0.25) is 0 Å². The van der Waals surface area contributed by atoms with Gasteiger partial charge in [0.1, 0.15) is 0 Å². The van der Waals surface area contributed by atoms with E-state index in [2.05, 4.69) is 4.90 Å². The molecular weight excluding hydrogens is 436 g/mol. The minimum absolute atomic E-state index is 0.120. The highest BCUT2D eigenvalue weighted by Gasteiger charge is 2.20. The number of ether oxygens (including phenoxy) is 2. The van der Waals surface area contributed by atoms with Crippen molar-refractivity contribution in [2.75, 3.05) is 105 Å². The topological polar surface area (TPSA) is 143 Å². The van der Waals surface area contributed by atoms with Crippen molar-refractivity contribution < 1.29 is 39.2 Å². The van der Waals surface area contributed by atoms with Crippen LogP contribution in [0.15, 0.2) is 0 Å². The highest BCUT2D eigenvalue weighted by atomic mass is 16.5. The van der Waals surface area contributed by atoms with Gasteiger partial charge >= 0.3 is 17.9 Å². The summed E-state index contributed by atoms with van der Waals surface area (Å²) < 4.78 is 11.0. The average Bonchev–Trinajstić information content (AvgIpc) is 2.73. The fraction of sp³-hybridized carbons (Fsp3) is 0.857. The van der Waals surface area contributed by atoms with Crippen LogP contribution < -0.4 is 0 Å². The summed E-state index contributed by atoms with van der Waals surface area (Å²) in [5, 5.41) is 27.7. The van der Waals surface area contributed by atoms with Crippen molar-refractivity contribution >= 4 is 17.9 Å². The van der Waals surface area contributed by atoms with Crippen molar-refractivity contribution in [2.45, 2.75) is 13.3 Å². The zero-order chi connectivity index (χ0) is 24.5. The van der Waals surface area contributed by atoms with Crippen LogP contribution in [0.25, 0.3) is 0 Å². The highest BCUT2D eigenvalue weighted by Crippen LogP contribution is 2.01. The van der Waals surface area contributed by atoms with Gasteiger partial charge in [0, 0.05) is 65.5 Å². The van der Waals surface area contributed by atoms with Crippen LogP contribution in [-0.2, 0) is 23.9 Å². The third kappa shape index (κ3) is 15.6. The van der Waals surface area contributed by atoms with E-state index in [1.54, 1.807) is 14.7 Å². The SMILES string of the molecule is CCCOCCOCCN1CCN(CC(=O)O)CCN(CC(=O)O)CCN(CC(=O)O)CC1. The smallest absolute Gasteiger partial charge is 0.317 e. The average molecular weight is 477 g/mol. The standard InChI is InChI=1S/C21H40N4O8/c1-2-12-32-14-15-33-13-11-22-3-5-23(16-19(26)27)7-9-25(18-21(30)31)10-8-24(6-4-22)17-20(28)29/h2-18H2,1H3,(H,26,27)(H,28,29)(H,30,31). The molecule has 0 aliphatic carbocycles. The fourth-order valence-electron chi connectivity index (χ4n) is 3.51. The molecule has 0 aromatic heterocycles. The lowest BCUT2D eigenvalue weighted by Crippen LogP contribution is -2.48. The van der Waals surface area contributed by atoms with Crippen LogP contribution in [0.1, 0.15) is 13.3 Å². The van der Waals surface area contributed by atoms with Gasteiger partial charge < -0.3 is 24.8 Å². The highest BCUT2D eigenvalue weighted by molar-refractivity contribution is 5.69. The van der Waals surface area contributed by atoms with E-state index in [0.29, 0.717) is 85.3 Å². The molecule has 0 atom stereocenters. The van der Waals surface area contributed by atoms with Gasteiger partial charge in [-0.2, -0.15) is 0 Å². The minimum Gasteiger partial charge on any atom is -0.480 e. The van der Waals surface area contributed by atoms with Crippen LogP contribution in [0, 0.1) is 0 Å². The number of hydrogen-bond donors (Lipinski definition) is 3. The van der Waals surface area contributed by atoms with Crippen LogP contribution in [-0.4, -0.2) is 158 Å². The van der Waals surface area contributed by atoms with Crippen molar-refractivity contribution in [1.82, 2.24) is 19.6 Å². The van der Waals surface area contributed by atoms with Gasteiger partial charge in [-0.05, 0) is 6.42 Å². The van der Waals surface area contributed by atoms with E-state index in [4.69, 9.17) is 9.47 Å². The van der Waals surface area contributed by atoms with Gasteiger partial charge in [-0.25, -0.2) is 0 Å². The first-order valence-electron chi connectivity index (χ1n) is 11.5. The number of carboxylic acid groups (broad SMARTS) is 3. The quantitative estimate of drug-likeness (QED) is 0.262. The van der Waals surface area contributed by atoms with E-state index in [-0.39, 0.29) is 19.6 Å². The molecule has 33 heavy (non-hydrogen) atoms. The maximum absolute atomic E-state index is 11.3. The molecule has 0 amide bonds. The lowest BCUT2D eigenvalue weighted by atomic mass is 10.3. The molecule has 0 spiro atoms. The molecule has 0 aromatic carbocycles. The molecule has 12 nitrogen and oxygen atoms in total. The lowest BCUT2D eigenvalue weighted by molar-refractivity contribution is -0.140. The van der Waals surface area contributed by atoms with E-state index < -0.39 is 17.9 Å². The molecular formula is C21H40N4O8. The largest absolute Gasteiger partial charge is 0.480 e. The van der Waals surface area contributed by atoms with Gasteiger partial charge in [-0.15, -0.1) is 0 Å². The molecule has 1 saturated heterocycles. The number of aliphatic carboxylic acids is 3. The first-order valence-corrected chi connectivity index (χ1v) is 11.5. The summed E-state index contributed by atoms with van der Waals surface area (Å²) in [6.45, 7) is 8.34. The second-order valence-electron chi connectivity index (χ2n) is 8.08. The Hall–Kier alpha value is -1.83. The summed E-state index contributed by atoms with van der Waals surface area (Å²) in [5.41, 5.74) is 0. The van der Waals surface area contributed by atoms with E-state index in [1.807, 2.05) is 6.92 Å². The number of hydrogen-bond acceptors (Lipinski definition) is 9. The summed E-state index contributed by atoms with van der Waals surface area (Å²) >= 11 is 0. The van der Waals surface area contributed by atoms with Crippen LogP contribution in [0.5, 0.6) is 0 Å². The van der Waals surface area contributed by atoms with Crippen LogP contribution in [0.3, 0.4) is 0 Å². The maximum Gasteiger partial charge on any atom is 0.317 e. The molecule has 0 aromatic rings. The molecule has 0 saturated carbocycles. The molecule has 1 aliphatic heterocycles. The Morgan fingerprint density at radius 1 is 0.576 bits per heavy atom. The molecule has 1 rings (SSSR count). The molecule has 1 heterocycles. The lowest BCUT2D eigenvalue weighted by Gasteiger charge is -2.33. The van der Waals surface area contributed by atoms with Crippen molar-refractivity contribution in [3.05, 3.63) is 0 Å². The van der Waals surface area contributed by atoms with Crippen LogP contribution in [0.2, 0.25) is 0 Å². The number of carbonyl (C=O) groups is 3. The van der Waals surface area contributed by atoms with E-state index >= 15 is 0 Å². The van der Waals surface area contributed by atoms with Crippen molar-refractivity contribution in [2.24, 2.45) is 0 Å². The van der Waals surface area contributed by atoms with Crippen molar-refractivity contribution in [1.29, 1.82) is 0 Å². The van der Waals surface area contributed by atoms with Crippen molar-refractivity contribution in [3.8, 4) is 0 Å². The summed E-state index contributed by atoms with van der Waals surface area (Å²) in [4.78, 5) is 41.3. The van der Waals surface area contributed by atoms with Gasteiger partial charge in [0.05, 0.1) is 39.5 Å².